The van der Waals surface area contributed by atoms with Gasteiger partial charge < -0.3 is 20.3 Å². The Kier molecular flexibility index (Phi) is 9.04. The number of carbonyl (C=O) groups excluding carboxylic acids is 1. The number of nitrogens with zero attached hydrogens (tertiary/aromatic N) is 3. The zero-order chi connectivity index (χ0) is 31.4. The summed E-state index contributed by atoms with van der Waals surface area (Å²) < 4.78 is 20.3. The Morgan fingerprint density at radius 1 is 1.07 bits per heavy atom. The molecule has 10 heteroatoms. The molecule has 3 aromatic carbocycles. The predicted octanol–water partition coefficient (Wildman–Crippen LogP) is 5.52. The standard InChI is InChI=1S/C35H38FN5O4/c1-2-29(30-9-6-18-37-30)38-33(42)35(34(43)44)16-19-41(20-17-35)22-23-10-12-25(13-11-23)31-39-32(45-40-31)26-14-15-27(28(36)21-26)24-7-4-3-5-8-24/h3-5,7-8,10-15,21,29-30,37H,2,6,9,16-20,22H2,1H3,(H,38,42)(H,43,44). The highest BCUT2D eigenvalue weighted by atomic mass is 19.1. The lowest BCUT2D eigenvalue weighted by Gasteiger charge is -2.39. The Balaban J connectivity index is 1.06. The summed E-state index contributed by atoms with van der Waals surface area (Å²) in [5, 5.41) is 20.7. The molecular formula is C35H38FN5O4. The maximum Gasteiger partial charge on any atom is 0.319 e. The van der Waals surface area contributed by atoms with Crippen molar-refractivity contribution in [1.29, 1.82) is 0 Å². The predicted molar refractivity (Wildman–Crippen MR) is 168 cm³/mol. The maximum atomic E-state index is 14.9. The van der Waals surface area contributed by atoms with Gasteiger partial charge in [-0.2, -0.15) is 4.98 Å². The van der Waals surface area contributed by atoms with E-state index in [-0.39, 0.29) is 42.5 Å². The summed E-state index contributed by atoms with van der Waals surface area (Å²) in [6.45, 7) is 4.60. The van der Waals surface area contributed by atoms with Crippen molar-refractivity contribution in [2.75, 3.05) is 19.6 Å². The average molecular weight is 612 g/mol. The number of hydrogen-bond donors (Lipinski definition) is 3. The van der Waals surface area contributed by atoms with Gasteiger partial charge in [-0.05, 0) is 61.9 Å². The molecule has 2 aliphatic rings. The van der Waals surface area contributed by atoms with E-state index < -0.39 is 11.4 Å². The van der Waals surface area contributed by atoms with Gasteiger partial charge in [-0.3, -0.25) is 14.5 Å². The number of carboxylic acid groups (broad SMARTS) is 1. The number of aliphatic carboxylic acids is 1. The van der Waals surface area contributed by atoms with Crippen LogP contribution < -0.4 is 10.6 Å². The Bertz CT molecular complexity index is 1630. The van der Waals surface area contributed by atoms with E-state index in [1.165, 1.54) is 6.07 Å². The van der Waals surface area contributed by atoms with E-state index in [0.717, 1.165) is 42.5 Å². The van der Waals surface area contributed by atoms with Crippen molar-refractivity contribution < 1.29 is 23.6 Å². The number of likely N-dealkylation sites (tertiary alicyclic amines) is 1. The first-order chi connectivity index (χ1) is 21.9. The molecule has 2 fully saturated rings. The van der Waals surface area contributed by atoms with Crippen LogP contribution in [0, 0.1) is 11.2 Å². The van der Waals surface area contributed by atoms with Crippen LogP contribution in [0.3, 0.4) is 0 Å². The first-order valence-electron chi connectivity index (χ1n) is 15.6. The summed E-state index contributed by atoms with van der Waals surface area (Å²) in [6, 6.07) is 22.1. The highest BCUT2D eigenvalue weighted by Crippen LogP contribution is 2.34. The second-order valence-corrected chi connectivity index (χ2v) is 12.0. The molecule has 0 bridgehead atoms. The van der Waals surface area contributed by atoms with E-state index in [1.807, 2.05) is 61.5 Å². The third kappa shape index (κ3) is 6.53. The van der Waals surface area contributed by atoms with Crippen LogP contribution in [0.1, 0.15) is 44.6 Å². The molecule has 2 atom stereocenters. The minimum absolute atomic E-state index is 0.0654. The van der Waals surface area contributed by atoms with Crippen LogP contribution in [0.15, 0.2) is 77.3 Å². The second kappa shape index (κ2) is 13.3. The summed E-state index contributed by atoms with van der Waals surface area (Å²) in [4.78, 5) is 32.4. The third-order valence-corrected chi connectivity index (χ3v) is 9.24. The number of halogens is 1. The van der Waals surface area contributed by atoms with Crippen molar-refractivity contribution in [2.24, 2.45) is 5.41 Å². The molecule has 2 saturated heterocycles. The molecule has 4 aromatic rings. The van der Waals surface area contributed by atoms with Gasteiger partial charge in [0.05, 0.1) is 0 Å². The summed E-state index contributed by atoms with van der Waals surface area (Å²) in [5.41, 5.74) is 2.19. The molecule has 6 rings (SSSR count). The molecular weight excluding hydrogens is 573 g/mol. The van der Waals surface area contributed by atoms with Gasteiger partial charge in [0.15, 0.2) is 0 Å². The van der Waals surface area contributed by atoms with Gasteiger partial charge >= 0.3 is 5.97 Å². The number of carboxylic acids is 1. The normalized spacial score (nSPS) is 18.8. The number of aromatic nitrogens is 2. The second-order valence-electron chi connectivity index (χ2n) is 12.0. The van der Waals surface area contributed by atoms with Gasteiger partial charge in [-0.15, -0.1) is 0 Å². The molecule has 1 aromatic heterocycles. The fourth-order valence-corrected chi connectivity index (χ4v) is 6.45. The van der Waals surface area contributed by atoms with Gasteiger partial charge in [0.25, 0.3) is 5.89 Å². The highest BCUT2D eigenvalue weighted by molar-refractivity contribution is 6.02. The molecule has 2 unspecified atom stereocenters. The fourth-order valence-electron chi connectivity index (χ4n) is 6.45. The summed E-state index contributed by atoms with van der Waals surface area (Å²) in [7, 11) is 0. The lowest BCUT2D eigenvalue weighted by Crippen LogP contribution is -2.57. The van der Waals surface area contributed by atoms with Crippen molar-refractivity contribution >= 4 is 11.9 Å². The zero-order valence-corrected chi connectivity index (χ0v) is 25.3. The van der Waals surface area contributed by atoms with E-state index in [2.05, 4.69) is 25.7 Å². The Labute approximate surface area is 261 Å². The SMILES string of the molecule is CCC(NC(=O)C1(C(=O)O)CCN(Cc2ccc(-c3noc(-c4ccc(-c5ccccc5)c(F)c4)n3)cc2)CC1)C1CCCN1. The monoisotopic (exact) mass is 611 g/mol. The fraction of sp³-hybridized carbons (Fsp3) is 0.371. The van der Waals surface area contributed by atoms with E-state index in [0.29, 0.717) is 36.6 Å². The van der Waals surface area contributed by atoms with Crippen molar-refractivity contribution in [3.63, 3.8) is 0 Å². The van der Waals surface area contributed by atoms with Crippen molar-refractivity contribution in [3.8, 4) is 34.0 Å². The van der Waals surface area contributed by atoms with Crippen LogP contribution in [0.4, 0.5) is 4.39 Å². The molecule has 1 amide bonds. The first kappa shape index (κ1) is 30.6. The molecule has 45 heavy (non-hydrogen) atoms. The molecule has 234 valence electrons. The molecule has 2 aliphatic heterocycles. The lowest BCUT2D eigenvalue weighted by atomic mass is 9.77. The Morgan fingerprint density at radius 3 is 2.44 bits per heavy atom. The number of hydrogen-bond acceptors (Lipinski definition) is 7. The van der Waals surface area contributed by atoms with Gasteiger partial charge in [0, 0.05) is 48.4 Å². The van der Waals surface area contributed by atoms with Crippen LogP contribution in [-0.4, -0.2) is 63.7 Å². The average Bonchev–Trinajstić information content (AvgIpc) is 3.78. The highest BCUT2D eigenvalue weighted by Gasteiger charge is 2.49. The number of carbonyl (C=O) groups is 2. The molecule has 0 spiro atoms. The number of amides is 1. The molecule has 0 aliphatic carbocycles. The molecule has 0 radical (unpaired) electrons. The minimum atomic E-state index is -1.41. The van der Waals surface area contributed by atoms with Gasteiger partial charge in [0.2, 0.25) is 11.7 Å². The van der Waals surface area contributed by atoms with Crippen LogP contribution in [-0.2, 0) is 16.1 Å². The number of nitrogens with one attached hydrogen (secondary N) is 2. The summed E-state index contributed by atoms with van der Waals surface area (Å²) in [5.74, 6) is -1.15. The third-order valence-electron chi connectivity index (χ3n) is 9.24. The summed E-state index contributed by atoms with van der Waals surface area (Å²) in [6.07, 6.45) is 3.34. The van der Waals surface area contributed by atoms with Crippen LogP contribution >= 0.6 is 0 Å². The largest absolute Gasteiger partial charge is 0.480 e. The van der Waals surface area contributed by atoms with Gasteiger partial charge in [-0.1, -0.05) is 72.7 Å². The van der Waals surface area contributed by atoms with Crippen LogP contribution in [0.2, 0.25) is 0 Å². The van der Waals surface area contributed by atoms with Gasteiger partial charge in [-0.25, -0.2) is 4.39 Å². The maximum absolute atomic E-state index is 14.9. The number of rotatable bonds is 10. The van der Waals surface area contributed by atoms with Crippen molar-refractivity contribution in [2.45, 2.75) is 57.7 Å². The number of benzene rings is 3. The smallest absolute Gasteiger partial charge is 0.319 e. The van der Waals surface area contributed by atoms with E-state index in [4.69, 9.17) is 4.52 Å². The van der Waals surface area contributed by atoms with E-state index >= 15 is 0 Å². The quantitative estimate of drug-likeness (QED) is 0.201. The molecule has 9 nitrogen and oxygen atoms in total. The van der Waals surface area contributed by atoms with E-state index in [9.17, 15) is 19.1 Å². The lowest BCUT2D eigenvalue weighted by molar-refractivity contribution is -0.160. The molecule has 3 heterocycles. The Morgan fingerprint density at radius 2 is 1.80 bits per heavy atom. The zero-order valence-electron chi connectivity index (χ0n) is 25.3. The van der Waals surface area contributed by atoms with Crippen molar-refractivity contribution in [1.82, 2.24) is 25.7 Å². The molecule has 3 N–H and O–H groups in total. The van der Waals surface area contributed by atoms with Crippen LogP contribution in [0.25, 0.3) is 34.0 Å². The minimum Gasteiger partial charge on any atom is -0.480 e. The molecule has 0 saturated carbocycles. The van der Waals surface area contributed by atoms with E-state index in [1.54, 1.807) is 12.1 Å². The van der Waals surface area contributed by atoms with Crippen molar-refractivity contribution in [3.05, 3.63) is 84.2 Å². The first-order valence-corrected chi connectivity index (χ1v) is 15.6. The summed E-state index contributed by atoms with van der Waals surface area (Å²) >= 11 is 0. The number of piperidine rings is 1. The van der Waals surface area contributed by atoms with Gasteiger partial charge in [0.1, 0.15) is 11.2 Å². The Hall–Kier alpha value is -4.41. The topological polar surface area (TPSA) is 121 Å². The van der Waals surface area contributed by atoms with Crippen LogP contribution in [0.5, 0.6) is 0 Å².